The van der Waals surface area contributed by atoms with Crippen LogP contribution in [-0.2, 0) is 23.9 Å². The molecule has 1 aliphatic heterocycles. The molecule has 2 aromatic rings. The summed E-state index contributed by atoms with van der Waals surface area (Å²) in [6.07, 6.45) is 0.731. The second-order valence-electron chi connectivity index (χ2n) is 8.04. The molecule has 1 atom stereocenters. The molecule has 8 nitrogen and oxygen atoms in total. The first-order valence-electron chi connectivity index (χ1n) is 10.9. The minimum absolute atomic E-state index is 0.00208. The number of carbonyl (C=O) groups is 4. The first-order chi connectivity index (χ1) is 15.8. The molecule has 0 bridgehead atoms. The summed E-state index contributed by atoms with van der Waals surface area (Å²) in [4.78, 5) is 50.4. The third-order valence-corrected chi connectivity index (χ3v) is 5.45. The Morgan fingerprint density at radius 1 is 1.03 bits per heavy atom. The minimum atomic E-state index is -0.666. The van der Waals surface area contributed by atoms with Crippen molar-refractivity contribution in [2.45, 2.75) is 33.6 Å². The number of hydrogen-bond donors (Lipinski definition) is 1. The second kappa shape index (κ2) is 10.8. The number of nitrogens with zero attached hydrogens (tertiary/aromatic N) is 1. The molecule has 174 valence electrons. The molecule has 1 fully saturated rings. The fourth-order valence-electron chi connectivity index (χ4n) is 3.44. The van der Waals surface area contributed by atoms with Gasteiger partial charge in [0.15, 0.2) is 6.61 Å². The minimum Gasteiger partial charge on any atom is -0.462 e. The van der Waals surface area contributed by atoms with Crippen LogP contribution < -0.4 is 10.2 Å². The van der Waals surface area contributed by atoms with Crippen molar-refractivity contribution in [3.05, 3.63) is 59.2 Å². The van der Waals surface area contributed by atoms with Gasteiger partial charge in [-0.1, -0.05) is 13.0 Å². The Labute approximate surface area is 192 Å². The van der Waals surface area contributed by atoms with E-state index in [9.17, 15) is 19.2 Å². The van der Waals surface area contributed by atoms with E-state index in [2.05, 4.69) is 5.32 Å². The van der Waals surface area contributed by atoms with Gasteiger partial charge in [-0.25, -0.2) is 4.79 Å². The molecule has 3 rings (SSSR count). The smallest absolute Gasteiger partial charge is 0.338 e. The average Bonchev–Trinajstić information content (AvgIpc) is 3.20. The zero-order chi connectivity index (χ0) is 24.0. The van der Waals surface area contributed by atoms with Crippen molar-refractivity contribution >= 4 is 35.1 Å². The van der Waals surface area contributed by atoms with Crippen LogP contribution in [0.3, 0.4) is 0 Å². The molecule has 33 heavy (non-hydrogen) atoms. The lowest BCUT2D eigenvalue weighted by Gasteiger charge is -2.17. The second-order valence-corrected chi connectivity index (χ2v) is 8.04. The summed E-state index contributed by atoms with van der Waals surface area (Å²) < 4.78 is 10.2. The summed E-state index contributed by atoms with van der Waals surface area (Å²) in [7, 11) is 0. The molecular formula is C25H28N2O6. The molecule has 1 saturated heterocycles. The largest absolute Gasteiger partial charge is 0.462 e. The topological polar surface area (TPSA) is 102 Å². The van der Waals surface area contributed by atoms with Gasteiger partial charge in [0.05, 0.1) is 18.1 Å². The van der Waals surface area contributed by atoms with Crippen LogP contribution in [0.4, 0.5) is 11.4 Å². The van der Waals surface area contributed by atoms with Gasteiger partial charge in [0.25, 0.3) is 5.91 Å². The van der Waals surface area contributed by atoms with E-state index in [1.807, 2.05) is 32.9 Å². The summed E-state index contributed by atoms with van der Waals surface area (Å²) in [5.74, 6) is -2.35. The summed E-state index contributed by atoms with van der Waals surface area (Å²) >= 11 is 0. The molecule has 2 aromatic carbocycles. The Kier molecular flexibility index (Phi) is 7.82. The van der Waals surface area contributed by atoms with Crippen molar-refractivity contribution in [2.75, 3.05) is 30.0 Å². The third kappa shape index (κ3) is 6.19. The van der Waals surface area contributed by atoms with Crippen molar-refractivity contribution in [3.8, 4) is 0 Å². The molecular weight excluding hydrogens is 424 g/mol. The first-order valence-corrected chi connectivity index (χ1v) is 10.9. The maximum Gasteiger partial charge on any atom is 0.338 e. The lowest BCUT2D eigenvalue weighted by Crippen LogP contribution is -2.28. The number of hydrogen-bond acceptors (Lipinski definition) is 6. The van der Waals surface area contributed by atoms with Crippen LogP contribution in [0.25, 0.3) is 0 Å². The highest BCUT2D eigenvalue weighted by Crippen LogP contribution is 2.26. The number of ether oxygens (including phenoxy) is 2. The van der Waals surface area contributed by atoms with Gasteiger partial charge in [-0.15, -0.1) is 0 Å². The number of rotatable bonds is 8. The Morgan fingerprint density at radius 2 is 1.76 bits per heavy atom. The van der Waals surface area contributed by atoms with Crippen molar-refractivity contribution < 1.29 is 28.7 Å². The summed E-state index contributed by atoms with van der Waals surface area (Å²) in [6, 6.07) is 12.0. The number of nitrogens with one attached hydrogen (secondary N) is 1. The van der Waals surface area contributed by atoms with E-state index in [1.54, 1.807) is 30.3 Å². The van der Waals surface area contributed by atoms with E-state index in [0.717, 1.165) is 17.5 Å². The van der Waals surface area contributed by atoms with Gasteiger partial charge in [0, 0.05) is 24.3 Å². The normalized spacial score (nSPS) is 15.3. The van der Waals surface area contributed by atoms with Crippen LogP contribution in [0.2, 0.25) is 0 Å². The summed E-state index contributed by atoms with van der Waals surface area (Å²) in [5.41, 5.74) is 3.75. The van der Waals surface area contributed by atoms with Gasteiger partial charge in [0.1, 0.15) is 0 Å². The number of aryl methyl sites for hydroxylation is 2. The van der Waals surface area contributed by atoms with Crippen LogP contribution in [0, 0.1) is 19.8 Å². The molecule has 1 heterocycles. The van der Waals surface area contributed by atoms with Crippen molar-refractivity contribution in [2.24, 2.45) is 5.92 Å². The lowest BCUT2D eigenvalue weighted by atomic mass is 10.1. The van der Waals surface area contributed by atoms with Gasteiger partial charge in [0.2, 0.25) is 5.91 Å². The lowest BCUT2D eigenvalue weighted by molar-refractivity contribution is -0.151. The highest BCUT2D eigenvalue weighted by Gasteiger charge is 2.36. The number of benzene rings is 2. The van der Waals surface area contributed by atoms with Crippen LogP contribution in [0.15, 0.2) is 42.5 Å². The molecule has 0 unspecified atom stereocenters. The monoisotopic (exact) mass is 452 g/mol. The van der Waals surface area contributed by atoms with E-state index in [1.165, 1.54) is 4.90 Å². The fourth-order valence-corrected chi connectivity index (χ4v) is 3.44. The number of anilines is 2. The molecule has 1 aliphatic rings. The average molecular weight is 453 g/mol. The number of amides is 2. The van der Waals surface area contributed by atoms with Crippen LogP contribution in [0.1, 0.15) is 41.3 Å². The first kappa shape index (κ1) is 24.0. The third-order valence-electron chi connectivity index (χ3n) is 5.45. The van der Waals surface area contributed by atoms with Crippen LogP contribution in [-0.4, -0.2) is 43.5 Å². The molecule has 0 aromatic heterocycles. The maximum atomic E-state index is 12.4. The zero-order valence-corrected chi connectivity index (χ0v) is 19.1. The van der Waals surface area contributed by atoms with Crippen molar-refractivity contribution in [1.29, 1.82) is 0 Å². The predicted molar refractivity (Wildman–Crippen MR) is 123 cm³/mol. The Bertz CT molecular complexity index is 1050. The zero-order valence-electron chi connectivity index (χ0n) is 19.1. The van der Waals surface area contributed by atoms with Crippen molar-refractivity contribution in [1.82, 2.24) is 0 Å². The van der Waals surface area contributed by atoms with Gasteiger partial charge in [-0.2, -0.15) is 0 Å². The van der Waals surface area contributed by atoms with E-state index < -0.39 is 30.4 Å². The Morgan fingerprint density at radius 3 is 2.42 bits per heavy atom. The molecule has 0 spiro atoms. The standard InChI is InChI=1S/C25H28N2O6/c1-4-11-32-24(30)18-6-9-21(10-7-18)27-14-19(13-23(27)29)25(31)33-15-22(28)26-20-8-5-16(2)17(3)12-20/h5-10,12,19H,4,11,13-15H2,1-3H3,(H,26,28)/t19-/m0/s1. The number of esters is 2. The summed E-state index contributed by atoms with van der Waals surface area (Å²) in [5, 5.41) is 2.70. The van der Waals surface area contributed by atoms with Gasteiger partial charge < -0.3 is 19.7 Å². The molecule has 0 aliphatic carbocycles. The van der Waals surface area contributed by atoms with Crippen LogP contribution in [0.5, 0.6) is 0 Å². The van der Waals surface area contributed by atoms with Gasteiger partial charge >= 0.3 is 11.9 Å². The SMILES string of the molecule is CCCOC(=O)c1ccc(N2C[C@@H](C(=O)OCC(=O)Nc3ccc(C)c(C)c3)CC2=O)cc1. The summed E-state index contributed by atoms with van der Waals surface area (Å²) in [6.45, 7) is 5.90. The predicted octanol–water partition coefficient (Wildman–Crippen LogP) is 3.41. The maximum absolute atomic E-state index is 12.4. The van der Waals surface area contributed by atoms with Gasteiger partial charge in [-0.05, 0) is 67.8 Å². The van der Waals surface area contributed by atoms with Crippen molar-refractivity contribution in [3.63, 3.8) is 0 Å². The highest BCUT2D eigenvalue weighted by molar-refractivity contribution is 6.00. The van der Waals surface area contributed by atoms with Gasteiger partial charge in [-0.3, -0.25) is 14.4 Å². The van der Waals surface area contributed by atoms with E-state index in [-0.39, 0.29) is 18.9 Å². The Balaban J connectivity index is 1.51. The molecule has 2 amide bonds. The Hall–Kier alpha value is -3.68. The molecule has 8 heteroatoms. The van der Waals surface area contributed by atoms with E-state index in [0.29, 0.717) is 23.5 Å². The quantitative estimate of drug-likeness (QED) is 0.616. The highest BCUT2D eigenvalue weighted by atomic mass is 16.5. The molecule has 0 saturated carbocycles. The number of carbonyl (C=O) groups excluding carboxylic acids is 4. The van der Waals surface area contributed by atoms with E-state index >= 15 is 0 Å². The van der Waals surface area contributed by atoms with E-state index in [4.69, 9.17) is 9.47 Å². The van der Waals surface area contributed by atoms with Crippen LogP contribution >= 0.6 is 0 Å². The fraction of sp³-hybridized carbons (Fsp3) is 0.360. The molecule has 0 radical (unpaired) electrons. The molecule has 1 N–H and O–H groups in total.